The standard InChI is InChI=1S/C22H20N6O4S2/c1-27-17(12-19(30)28(2)22(27)31)24-18(29)13-33-21-26-25-20(34-21)23-14-8-10-16(11-9-14)32-15-6-4-3-5-7-15/h3-12H,13H2,1-2H3,(H,23,25)(H,24,29). The molecule has 0 spiro atoms. The van der Waals surface area contributed by atoms with Gasteiger partial charge in [0.15, 0.2) is 4.34 Å². The third kappa shape index (κ3) is 5.71. The summed E-state index contributed by atoms with van der Waals surface area (Å²) in [4.78, 5) is 36.0. The largest absolute Gasteiger partial charge is 0.457 e. The van der Waals surface area contributed by atoms with Crippen LogP contribution in [-0.2, 0) is 18.9 Å². The molecule has 2 aromatic carbocycles. The highest BCUT2D eigenvalue weighted by Crippen LogP contribution is 2.29. The van der Waals surface area contributed by atoms with Gasteiger partial charge in [0, 0.05) is 25.8 Å². The van der Waals surface area contributed by atoms with Crippen LogP contribution in [0.5, 0.6) is 11.5 Å². The zero-order chi connectivity index (χ0) is 24.1. The first-order valence-corrected chi connectivity index (χ1v) is 11.8. The summed E-state index contributed by atoms with van der Waals surface area (Å²) >= 11 is 2.51. The Morgan fingerprint density at radius 3 is 2.44 bits per heavy atom. The minimum atomic E-state index is -0.519. The monoisotopic (exact) mass is 496 g/mol. The Morgan fingerprint density at radius 2 is 1.71 bits per heavy atom. The van der Waals surface area contributed by atoms with Gasteiger partial charge in [-0.15, -0.1) is 10.2 Å². The molecule has 10 nitrogen and oxygen atoms in total. The van der Waals surface area contributed by atoms with Crippen molar-refractivity contribution in [1.29, 1.82) is 0 Å². The second-order valence-electron chi connectivity index (χ2n) is 7.04. The predicted molar refractivity (Wildman–Crippen MR) is 132 cm³/mol. The Morgan fingerprint density at radius 1 is 1.00 bits per heavy atom. The average molecular weight is 497 g/mol. The number of hydrogen-bond acceptors (Lipinski definition) is 9. The maximum atomic E-state index is 12.3. The second kappa shape index (κ2) is 10.4. The summed E-state index contributed by atoms with van der Waals surface area (Å²) in [5, 5.41) is 14.5. The minimum Gasteiger partial charge on any atom is -0.457 e. The quantitative estimate of drug-likeness (QED) is 0.357. The van der Waals surface area contributed by atoms with E-state index in [0.717, 1.165) is 16.0 Å². The van der Waals surface area contributed by atoms with Crippen molar-refractivity contribution in [3.63, 3.8) is 0 Å². The first-order chi connectivity index (χ1) is 16.4. The van der Waals surface area contributed by atoms with Gasteiger partial charge in [-0.3, -0.25) is 18.7 Å². The molecule has 0 aliphatic carbocycles. The number of carbonyl (C=O) groups excluding carboxylic acids is 1. The van der Waals surface area contributed by atoms with Gasteiger partial charge < -0.3 is 15.4 Å². The van der Waals surface area contributed by atoms with Crippen molar-refractivity contribution in [2.45, 2.75) is 4.34 Å². The van der Waals surface area contributed by atoms with Crippen LogP contribution >= 0.6 is 23.1 Å². The van der Waals surface area contributed by atoms with E-state index in [4.69, 9.17) is 4.74 Å². The summed E-state index contributed by atoms with van der Waals surface area (Å²) in [5.41, 5.74) is -0.196. The molecule has 2 heterocycles. The van der Waals surface area contributed by atoms with Gasteiger partial charge in [-0.1, -0.05) is 41.3 Å². The van der Waals surface area contributed by atoms with Crippen LogP contribution < -0.4 is 26.6 Å². The van der Waals surface area contributed by atoms with E-state index >= 15 is 0 Å². The topological polar surface area (TPSA) is 120 Å². The number of benzene rings is 2. The molecule has 0 saturated carbocycles. The molecule has 12 heteroatoms. The molecule has 0 fully saturated rings. The molecule has 0 saturated heterocycles. The Hall–Kier alpha value is -3.90. The first-order valence-electron chi connectivity index (χ1n) is 10.0. The van der Waals surface area contributed by atoms with Crippen LogP contribution in [0.4, 0.5) is 16.6 Å². The van der Waals surface area contributed by atoms with Gasteiger partial charge in [0.1, 0.15) is 17.3 Å². The van der Waals surface area contributed by atoms with E-state index in [1.165, 1.54) is 47.8 Å². The summed E-state index contributed by atoms with van der Waals surface area (Å²) in [7, 11) is 2.85. The molecule has 174 valence electrons. The van der Waals surface area contributed by atoms with E-state index < -0.39 is 11.2 Å². The Kier molecular flexibility index (Phi) is 7.09. The molecule has 0 bridgehead atoms. The highest BCUT2D eigenvalue weighted by molar-refractivity contribution is 8.01. The molecule has 0 atom stereocenters. The van der Waals surface area contributed by atoms with E-state index in [-0.39, 0.29) is 17.5 Å². The number of rotatable bonds is 8. The highest BCUT2D eigenvalue weighted by atomic mass is 32.2. The maximum Gasteiger partial charge on any atom is 0.332 e. The maximum absolute atomic E-state index is 12.3. The molecule has 4 rings (SSSR count). The number of ether oxygens (including phenoxy) is 1. The van der Waals surface area contributed by atoms with Crippen molar-refractivity contribution < 1.29 is 9.53 Å². The normalized spacial score (nSPS) is 10.6. The fourth-order valence-corrected chi connectivity index (χ4v) is 4.40. The van der Waals surface area contributed by atoms with Crippen LogP contribution in [-0.4, -0.2) is 31.0 Å². The van der Waals surface area contributed by atoms with Gasteiger partial charge >= 0.3 is 5.69 Å². The van der Waals surface area contributed by atoms with E-state index in [1.807, 2.05) is 54.6 Å². The number of para-hydroxylation sites is 1. The lowest BCUT2D eigenvalue weighted by Crippen LogP contribution is -2.38. The van der Waals surface area contributed by atoms with E-state index in [2.05, 4.69) is 20.8 Å². The lowest BCUT2D eigenvalue weighted by Gasteiger charge is -2.10. The van der Waals surface area contributed by atoms with Gasteiger partial charge in [0.2, 0.25) is 11.0 Å². The average Bonchev–Trinajstić information content (AvgIpc) is 3.29. The van der Waals surface area contributed by atoms with E-state index in [9.17, 15) is 14.4 Å². The number of thioether (sulfide) groups is 1. The number of nitrogens with zero attached hydrogens (tertiary/aromatic N) is 4. The molecular weight excluding hydrogens is 476 g/mol. The van der Waals surface area contributed by atoms with Gasteiger partial charge in [-0.05, 0) is 36.4 Å². The zero-order valence-corrected chi connectivity index (χ0v) is 19.9. The van der Waals surface area contributed by atoms with Gasteiger partial charge in [0.05, 0.1) is 5.75 Å². The summed E-state index contributed by atoms with van der Waals surface area (Å²) in [6, 6.07) is 18.1. The molecule has 0 aliphatic rings. The fraction of sp³-hybridized carbons (Fsp3) is 0.136. The number of aromatic nitrogens is 4. The third-order valence-electron chi connectivity index (χ3n) is 4.61. The molecule has 0 radical (unpaired) electrons. The third-order valence-corrected chi connectivity index (χ3v) is 6.58. The molecule has 4 aromatic rings. The number of nitrogens with one attached hydrogen (secondary N) is 2. The summed E-state index contributed by atoms with van der Waals surface area (Å²) < 4.78 is 8.54. The van der Waals surface area contributed by atoms with Crippen molar-refractivity contribution >= 4 is 45.6 Å². The number of amides is 1. The lowest BCUT2D eigenvalue weighted by atomic mass is 10.3. The van der Waals surface area contributed by atoms with Crippen molar-refractivity contribution in [3.8, 4) is 11.5 Å². The molecule has 0 aliphatic heterocycles. The number of anilines is 3. The predicted octanol–water partition coefficient (Wildman–Crippen LogP) is 3.20. The molecular formula is C22H20N6O4S2. The van der Waals surface area contributed by atoms with Crippen molar-refractivity contribution in [2.75, 3.05) is 16.4 Å². The lowest BCUT2D eigenvalue weighted by molar-refractivity contribution is -0.113. The van der Waals surface area contributed by atoms with Crippen LogP contribution in [0.2, 0.25) is 0 Å². The fourth-order valence-electron chi connectivity index (χ4n) is 2.83. The van der Waals surface area contributed by atoms with Crippen LogP contribution in [0.15, 0.2) is 74.6 Å². The second-order valence-corrected chi connectivity index (χ2v) is 9.24. The highest BCUT2D eigenvalue weighted by Gasteiger charge is 2.12. The number of carbonyl (C=O) groups is 1. The summed E-state index contributed by atoms with van der Waals surface area (Å²) in [5.74, 6) is 1.29. The zero-order valence-electron chi connectivity index (χ0n) is 18.2. The summed E-state index contributed by atoms with van der Waals surface area (Å²) in [6.07, 6.45) is 0. The van der Waals surface area contributed by atoms with Gasteiger partial charge in [0.25, 0.3) is 5.56 Å². The molecule has 0 unspecified atom stereocenters. The molecule has 2 N–H and O–H groups in total. The van der Waals surface area contributed by atoms with Crippen LogP contribution in [0.25, 0.3) is 0 Å². The van der Waals surface area contributed by atoms with Gasteiger partial charge in [-0.2, -0.15) is 0 Å². The number of hydrogen-bond donors (Lipinski definition) is 2. The van der Waals surface area contributed by atoms with E-state index in [0.29, 0.717) is 15.2 Å². The Balaban J connectivity index is 1.30. The summed E-state index contributed by atoms with van der Waals surface area (Å²) in [6.45, 7) is 0. The van der Waals surface area contributed by atoms with E-state index in [1.54, 1.807) is 0 Å². The van der Waals surface area contributed by atoms with Crippen molar-refractivity contribution in [1.82, 2.24) is 19.3 Å². The van der Waals surface area contributed by atoms with Crippen molar-refractivity contribution in [3.05, 3.63) is 81.5 Å². The first kappa shape index (κ1) is 23.3. The molecule has 2 aromatic heterocycles. The molecule has 34 heavy (non-hydrogen) atoms. The smallest absolute Gasteiger partial charge is 0.332 e. The van der Waals surface area contributed by atoms with Crippen molar-refractivity contribution in [2.24, 2.45) is 14.1 Å². The minimum absolute atomic E-state index is 0.0452. The Bertz CT molecular complexity index is 1410. The van der Waals surface area contributed by atoms with Crippen LogP contribution in [0, 0.1) is 0 Å². The van der Waals surface area contributed by atoms with Crippen LogP contribution in [0.3, 0.4) is 0 Å². The molecule has 1 amide bonds. The van der Waals surface area contributed by atoms with Crippen LogP contribution in [0.1, 0.15) is 0 Å². The van der Waals surface area contributed by atoms with Gasteiger partial charge in [-0.25, -0.2) is 4.79 Å². The SMILES string of the molecule is Cn1c(NC(=O)CSc2nnc(Nc3ccc(Oc4ccccc4)cc3)s2)cc(=O)n(C)c1=O. The Labute approximate surface area is 202 Å².